The lowest BCUT2D eigenvalue weighted by molar-refractivity contribution is -0.137. The van der Waals surface area contributed by atoms with Gasteiger partial charge in [0.2, 0.25) is 0 Å². The maximum Gasteiger partial charge on any atom is 0.103 e. The van der Waals surface area contributed by atoms with Crippen LogP contribution in [0.4, 0.5) is 0 Å². The van der Waals surface area contributed by atoms with E-state index in [0.717, 1.165) is 37.5 Å². The van der Waals surface area contributed by atoms with Crippen LogP contribution >= 0.6 is 0 Å². The zero-order chi connectivity index (χ0) is 23.5. The van der Waals surface area contributed by atoms with Crippen LogP contribution in [0.1, 0.15) is 118 Å². The Balaban J connectivity index is 4.33. The van der Waals surface area contributed by atoms with Gasteiger partial charge < -0.3 is 25.2 Å². The Hall–Kier alpha value is -0.200. The Morgan fingerprint density at radius 3 is 1.06 bits per heavy atom. The maximum atomic E-state index is 10.2. The molecule has 0 aliphatic carbocycles. The van der Waals surface area contributed by atoms with Crippen molar-refractivity contribution in [1.29, 1.82) is 0 Å². The number of aliphatic hydroxyl groups excluding tert-OH is 4. The molecule has 0 aromatic heterocycles. The summed E-state index contributed by atoms with van der Waals surface area (Å²) in [5, 5.41) is 39.3. The molecule has 0 heterocycles. The van der Waals surface area contributed by atoms with Gasteiger partial charge in [0.25, 0.3) is 0 Å². The molecule has 0 bridgehead atoms. The van der Waals surface area contributed by atoms with E-state index in [2.05, 4.69) is 27.7 Å². The molecule has 0 saturated heterocycles. The average molecular weight is 447 g/mol. The van der Waals surface area contributed by atoms with E-state index in [9.17, 15) is 20.4 Å². The Labute approximate surface area is 192 Å². The van der Waals surface area contributed by atoms with Crippen molar-refractivity contribution in [3.05, 3.63) is 0 Å². The van der Waals surface area contributed by atoms with Gasteiger partial charge >= 0.3 is 0 Å². The van der Waals surface area contributed by atoms with Gasteiger partial charge in [-0.15, -0.1) is 0 Å². The minimum atomic E-state index is -0.953. The van der Waals surface area contributed by atoms with Crippen molar-refractivity contribution in [2.24, 2.45) is 11.8 Å². The van der Waals surface area contributed by atoms with E-state index in [1.165, 1.54) is 51.4 Å². The summed E-state index contributed by atoms with van der Waals surface area (Å²) in [4.78, 5) is 0. The SMILES string of the molecule is CC(C)CCCCCCCC(OC(CCCCCCCC(C)C)C(O)CO)C(O)CO. The van der Waals surface area contributed by atoms with Crippen LogP contribution in [-0.4, -0.2) is 58.1 Å². The second-order valence-corrected chi connectivity index (χ2v) is 10.2. The van der Waals surface area contributed by atoms with Crippen LogP contribution in [-0.2, 0) is 4.74 Å². The van der Waals surface area contributed by atoms with Crippen molar-refractivity contribution in [2.75, 3.05) is 13.2 Å². The number of hydrogen-bond donors (Lipinski definition) is 4. The Kier molecular flexibility index (Phi) is 20.3. The summed E-state index contributed by atoms with van der Waals surface area (Å²) < 4.78 is 6.05. The first-order valence-electron chi connectivity index (χ1n) is 13.0. The summed E-state index contributed by atoms with van der Waals surface area (Å²) in [6, 6.07) is 0. The van der Waals surface area contributed by atoms with Crippen LogP contribution in [0.5, 0.6) is 0 Å². The molecule has 0 rings (SSSR count). The highest BCUT2D eigenvalue weighted by atomic mass is 16.5. The lowest BCUT2D eigenvalue weighted by Crippen LogP contribution is -2.41. The van der Waals surface area contributed by atoms with Crippen molar-refractivity contribution >= 4 is 0 Å². The van der Waals surface area contributed by atoms with Gasteiger partial charge in [0, 0.05) is 0 Å². The molecule has 188 valence electrons. The molecule has 5 nitrogen and oxygen atoms in total. The van der Waals surface area contributed by atoms with E-state index in [4.69, 9.17) is 4.74 Å². The number of ether oxygens (including phenoxy) is 1. The molecular weight excluding hydrogens is 392 g/mol. The van der Waals surface area contributed by atoms with Gasteiger partial charge in [-0.05, 0) is 24.7 Å². The molecule has 4 N–H and O–H groups in total. The van der Waals surface area contributed by atoms with Gasteiger partial charge in [-0.1, -0.05) is 105 Å². The first-order valence-corrected chi connectivity index (χ1v) is 13.0. The molecule has 4 atom stereocenters. The molecule has 0 aliphatic rings. The second-order valence-electron chi connectivity index (χ2n) is 10.2. The van der Waals surface area contributed by atoms with Crippen LogP contribution < -0.4 is 0 Å². The fourth-order valence-corrected chi connectivity index (χ4v) is 4.02. The predicted octanol–water partition coefficient (Wildman–Crippen LogP) is 5.22. The minimum Gasteiger partial charge on any atom is -0.394 e. The van der Waals surface area contributed by atoms with Crippen molar-refractivity contribution in [3.8, 4) is 0 Å². The van der Waals surface area contributed by atoms with Gasteiger partial charge in [-0.3, -0.25) is 0 Å². The van der Waals surface area contributed by atoms with Crippen molar-refractivity contribution in [3.63, 3.8) is 0 Å². The van der Waals surface area contributed by atoms with Gasteiger partial charge in [-0.25, -0.2) is 0 Å². The van der Waals surface area contributed by atoms with Crippen molar-refractivity contribution in [2.45, 2.75) is 142 Å². The zero-order valence-electron chi connectivity index (χ0n) is 21.0. The third-order valence-electron chi connectivity index (χ3n) is 6.12. The topological polar surface area (TPSA) is 90.2 Å². The van der Waals surface area contributed by atoms with Gasteiger partial charge in [0.1, 0.15) is 12.2 Å². The molecule has 0 saturated carbocycles. The molecule has 0 aromatic carbocycles. The Bertz CT molecular complexity index is 341. The number of hydrogen-bond acceptors (Lipinski definition) is 5. The lowest BCUT2D eigenvalue weighted by Gasteiger charge is -2.30. The summed E-state index contributed by atoms with van der Waals surface area (Å²) in [7, 11) is 0. The van der Waals surface area contributed by atoms with E-state index in [0.29, 0.717) is 12.8 Å². The first-order chi connectivity index (χ1) is 14.8. The largest absolute Gasteiger partial charge is 0.394 e. The van der Waals surface area contributed by atoms with E-state index in [1.54, 1.807) is 0 Å². The van der Waals surface area contributed by atoms with Crippen LogP contribution in [0.15, 0.2) is 0 Å². The molecule has 31 heavy (non-hydrogen) atoms. The summed E-state index contributed by atoms with van der Waals surface area (Å²) in [5.74, 6) is 1.51. The normalized spacial score (nSPS) is 16.1. The fraction of sp³-hybridized carbons (Fsp3) is 1.00. The highest BCUT2D eigenvalue weighted by Crippen LogP contribution is 2.20. The Morgan fingerprint density at radius 2 is 0.774 bits per heavy atom. The van der Waals surface area contributed by atoms with Crippen LogP contribution in [0.3, 0.4) is 0 Å². The van der Waals surface area contributed by atoms with Gasteiger partial charge in [0.15, 0.2) is 0 Å². The number of rotatable bonds is 22. The van der Waals surface area contributed by atoms with Gasteiger partial charge in [0.05, 0.1) is 25.4 Å². The molecule has 5 heteroatoms. The molecule has 0 radical (unpaired) electrons. The van der Waals surface area contributed by atoms with Crippen LogP contribution in [0, 0.1) is 11.8 Å². The van der Waals surface area contributed by atoms with Crippen LogP contribution in [0.2, 0.25) is 0 Å². The third kappa shape index (κ3) is 18.0. The summed E-state index contributed by atoms with van der Waals surface area (Å²) in [6.07, 6.45) is 12.3. The lowest BCUT2D eigenvalue weighted by atomic mass is 10.00. The maximum absolute atomic E-state index is 10.2. The smallest absolute Gasteiger partial charge is 0.103 e. The third-order valence-corrected chi connectivity index (χ3v) is 6.12. The summed E-state index contributed by atoms with van der Waals surface area (Å²) in [5.41, 5.74) is 0. The van der Waals surface area contributed by atoms with Crippen LogP contribution in [0.25, 0.3) is 0 Å². The fourth-order valence-electron chi connectivity index (χ4n) is 4.02. The molecule has 0 aromatic rings. The molecule has 0 aliphatic heterocycles. The molecule has 0 amide bonds. The highest BCUT2D eigenvalue weighted by molar-refractivity contribution is 4.75. The van der Waals surface area contributed by atoms with E-state index in [-0.39, 0.29) is 13.2 Å². The van der Waals surface area contributed by atoms with Crippen molar-refractivity contribution in [1.82, 2.24) is 0 Å². The number of aliphatic hydroxyl groups is 4. The monoisotopic (exact) mass is 446 g/mol. The zero-order valence-corrected chi connectivity index (χ0v) is 21.0. The quantitative estimate of drug-likeness (QED) is 0.171. The first kappa shape index (κ1) is 30.8. The standard InChI is InChI=1S/C26H54O5/c1-21(2)15-11-7-5-9-13-17-25(23(29)19-27)31-26(24(30)20-28)18-14-10-6-8-12-16-22(3)4/h21-30H,5-20H2,1-4H3. The minimum absolute atomic E-state index is 0.350. The van der Waals surface area contributed by atoms with Crippen molar-refractivity contribution < 1.29 is 25.2 Å². The predicted molar refractivity (Wildman–Crippen MR) is 129 cm³/mol. The van der Waals surface area contributed by atoms with E-state index >= 15 is 0 Å². The van der Waals surface area contributed by atoms with E-state index < -0.39 is 24.4 Å². The molecule has 0 fully saturated rings. The molecule has 4 unspecified atom stereocenters. The highest BCUT2D eigenvalue weighted by Gasteiger charge is 2.27. The number of unbranched alkanes of at least 4 members (excludes halogenated alkanes) is 8. The average Bonchev–Trinajstić information content (AvgIpc) is 2.73. The Morgan fingerprint density at radius 1 is 0.484 bits per heavy atom. The molecular formula is C26H54O5. The summed E-state index contributed by atoms with van der Waals surface area (Å²) in [6.45, 7) is 8.31. The summed E-state index contributed by atoms with van der Waals surface area (Å²) >= 11 is 0. The van der Waals surface area contributed by atoms with Gasteiger partial charge in [-0.2, -0.15) is 0 Å². The van der Waals surface area contributed by atoms with E-state index in [1.807, 2.05) is 0 Å². The second kappa shape index (κ2) is 20.4. The molecule has 0 spiro atoms.